The first kappa shape index (κ1) is 15.8. The first-order valence-electron chi connectivity index (χ1n) is 7.15. The topological polar surface area (TPSA) is 38.5 Å². The number of hydrogen-bond donors (Lipinski definition) is 1. The molecule has 0 aliphatic heterocycles. The largest absolute Gasteiger partial charge is 0.497 e. The highest BCUT2D eigenvalue weighted by molar-refractivity contribution is 5.50. The van der Waals surface area contributed by atoms with E-state index in [1.54, 1.807) is 7.11 Å². The van der Waals surface area contributed by atoms with Crippen LogP contribution in [0.2, 0.25) is 0 Å². The van der Waals surface area contributed by atoms with Crippen molar-refractivity contribution < 1.29 is 4.74 Å². The van der Waals surface area contributed by atoms with Gasteiger partial charge in [-0.15, -0.1) is 0 Å². The van der Waals surface area contributed by atoms with Gasteiger partial charge in [0.2, 0.25) is 0 Å². The van der Waals surface area contributed by atoms with Crippen LogP contribution in [-0.2, 0) is 0 Å². The molecule has 2 N–H and O–H groups in total. The third-order valence-electron chi connectivity index (χ3n) is 4.03. The normalized spacial score (nSPS) is 13.9. The van der Waals surface area contributed by atoms with Crippen LogP contribution in [0.15, 0.2) is 24.3 Å². The van der Waals surface area contributed by atoms with Crippen LogP contribution < -0.4 is 15.4 Å². The number of benzene rings is 1. The Morgan fingerprint density at radius 3 is 2.32 bits per heavy atom. The summed E-state index contributed by atoms with van der Waals surface area (Å²) in [5, 5.41) is 0. The number of likely N-dealkylation sites (N-methyl/N-ethyl adjacent to an activating group) is 1. The number of methoxy groups -OCH3 is 1. The molecule has 0 aromatic heterocycles. The number of ether oxygens (including phenoxy) is 1. The van der Waals surface area contributed by atoms with Crippen molar-refractivity contribution in [2.45, 2.75) is 45.1 Å². The van der Waals surface area contributed by atoms with Gasteiger partial charge in [0.15, 0.2) is 0 Å². The molecule has 0 radical (unpaired) electrons. The molecule has 0 saturated heterocycles. The molecule has 0 spiro atoms. The summed E-state index contributed by atoms with van der Waals surface area (Å²) in [5.41, 5.74) is 7.22. The van der Waals surface area contributed by atoms with Gasteiger partial charge in [0.25, 0.3) is 0 Å². The summed E-state index contributed by atoms with van der Waals surface area (Å²) < 4.78 is 5.20. The minimum Gasteiger partial charge on any atom is -0.497 e. The molecule has 1 aromatic carbocycles. The molecule has 0 bridgehead atoms. The monoisotopic (exact) mass is 264 g/mol. The highest BCUT2D eigenvalue weighted by Gasteiger charge is 2.27. The van der Waals surface area contributed by atoms with Crippen molar-refractivity contribution in [2.75, 3.05) is 25.6 Å². The highest BCUT2D eigenvalue weighted by Crippen LogP contribution is 2.27. The second-order valence-corrected chi connectivity index (χ2v) is 5.42. The van der Waals surface area contributed by atoms with Gasteiger partial charge in [-0.25, -0.2) is 0 Å². The number of anilines is 1. The van der Waals surface area contributed by atoms with E-state index < -0.39 is 0 Å². The van der Waals surface area contributed by atoms with E-state index in [1.165, 1.54) is 24.9 Å². The predicted octanol–water partition coefficient (Wildman–Crippen LogP) is 3.43. The molecule has 0 fully saturated rings. The third kappa shape index (κ3) is 4.13. The molecule has 0 heterocycles. The molecule has 1 unspecified atom stereocenters. The Bertz CT molecular complexity index is 364. The lowest BCUT2D eigenvalue weighted by atomic mass is 9.92. The van der Waals surface area contributed by atoms with Gasteiger partial charge in [-0.05, 0) is 37.6 Å². The van der Waals surface area contributed by atoms with Gasteiger partial charge in [0, 0.05) is 24.8 Å². The molecule has 1 aromatic rings. The lowest BCUT2D eigenvalue weighted by Crippen LogP contribution is -2.50. The Morgan fingerprint density at radius 2 is 1.84 bits per heavy atom. The molecule has 0 amide bonds. The maximum atomic E-state index is 6.02. The first-order valence-corrected chi connectivity index (χ1v) is 7.15. The van der Waals surface area contributed by atoms with E-state index >= 15 is 0 Å². The minimum absolute atomic E-state index is 0.0176. The Hall–Kier alpha value is -1.22. The molecule has 1 rings (SSSR count). The van der Waals surface area contributed by atoms with Crippen LogP contribution in [0.25, 0.3) is 0 Å². The van der Waals surface area contributed by atoms with Gasteiger partial charge in [-0.1, -0.05) is 26.2 Å². The van der Waals surface area contributed by atoms with Crippen molar-refractivity contribution in [3.8, 4) is 5.75 Å². The van der Waals surface area contributed by atoms with Crippen LogP contribution >= 0.6 is 0 Å². The fourth-order valence-corrected chi connectivity index (χ4v) is 2.28. The van der Waals surface area contributed by atoms with Gasteiger partial charge >= 0.3 is 0 Å². The summed E-state index contributed by atoms with van der Waals surface area (Å²) in [7, 11) is 3.81. The lowest BCUT2D eigenvalue weighted by molar-refractivity contribution is 0.399. The summed E-state index contributed by atoms with van der Waals surface area (Å²) in [6.45, 7) is 5.14. The number of rotatable bonds is 8. The summed E-state index contributed by atoms with van der Waals surface area (Å²) in [4.78, 5) is 2.29. The second-order valence-electron chi connectivity index (χ2n) is 5.42. The van der Waals surface area contributed by atoms with E-state index in [9.17, 15) is 0 Å². The number of nitrogens with zero attached hydrogens (tertiary/aromatic N) is 1. The summed E-state index contributed by atoms with van der Waals surface area (Å²) in [6.07, 6.45) is 4.86. The summed E-state index contributed by atoms with van der Waals surface area (Å²) >= 11 is 0. The van der Waals surface area contributed by atoms with Crippen molar-refractivity contribution in [1.29, 1.82) is 0 Å². The molecule has 0 aliphatic carbocycles. The summed E-state index contributed by atoms with van der Waals surface area (Å²) in [6, 6.07) is 8.17. The first-order chi connectivity index (χ1) is 9.07. The van der Waals surface area contributed by atoms with Crippen molar-refractivity contribution >= 4 is 5.69 Å². The zero-order valence-electron chi connectivity index (χ0n) is 12.8. The smallest absolute Gasteiger partial charge is 0.119 e. The van der Waals surface area contributed by atoms with E-state index in [-0.39, 0.29) is 5.54 Å². The van der Waals surface area contributed by atoms with Gasteiger partial charge in [0.05, 0.1) is 7.11 Å². The molecular formula is C16H28N2O. The molecular weight excluding hydrogens is 236 g/mol. The van der Waals surface area contributed by atoms with E-state index in [1.807, 2.05) is 12.1 Å². The van der Waals surface area contributed by atoms with Crippen LogP contribution in [-0.4, -0.2) is 26.2 Å². The number of unbranched alkanes of at least 4 members (excludes halogenated alkanes) is 2. The standard InChI is InChI=1S/C16H28N2O/c1-5-6-7-12-16(2,13-17)18(3)14-8-10-15(19-4)11-9-14/h8-11H,5-7,12-13,17H2,1-4H3. The van der Waals surface area contributed by atoms with Crippen molar-refractivity contribution in [3.05, 3.63) is 24.3 Å². The van der Waals surface area contributed by atoms with Gasteiger partial charge in [-0.3, -0.25) is 0 Å². The maximum Gasteiger partial charge on any atom is 0.119 e. The Morgan fingerprint density at radius 1 is 1.21 bits per heavy atom. The third-order valence-corrected chi connectivity index (χ3v) is 4.03. The van der Waals surface area contributed by atoms with Crippen molar-refractivity contribution in [2.24, 2.45) is 5.73 Å². The van der Waals surface area contributed by atoms with E-state index in [0.29, 0.717) is 6.54 Å². The second kappa shape index (κ2) is 7.39. The van der Waals surface area contributed by atoms with Gasteiger partial charge in [-0.2, -0.15) is 0 Å². The van der Waals surface area contributed by atoms with Crippen LogP contribution in [0.4, 0.5) is 5.69 Å². The van der Waals surface area contributed by atoms with Gasteiger partial charge < -0.3 is 15.4 Å². The van der Waals surface area contributed by atoms with Crippen LogP contribution in [0.5, 0.6) is 5.75 Å². The highest BCUT2D eigenvalue weighted by atomic mass is 16.5. The minimum atomic E-state index is 0.0176. The molecule has 3 heteroatoms. The average Bonchev–Trinajstić information content (AvgIpc) is 2.46. The number of hydrogen-bond acceptors (Lipinski definition) is 3. The van der Waals surface area contributed by atoms with Crippen LogP contribution in [0.3, 0.4) is 0 Å². The van der Waals surface area contributed by atoms with Gasteiger partial charge in [0.1, 0.15) is 5.75 Å². The molecule has 19 heavy (non-hydrogen) atoms. The Kier molecular flexibility index (Phi) is 6.16. The molecule has 1 atom stereocenters. The fraction of sp³-hybridized carbons (Fsp3) is 0.625. The van der Waals surface area contributed by atoms with Crippen molar-refractivity contribution in [1.82, 2.24) is 0 Å². The van der Waals surface area contributed by atoms with Crippen LogP contribution in [0, 0.1) is 0 Å². The van der Waals surface area contributed by atoms with Crippen LogP contribution in [0.1, 0.15) is 39.5 Å². The molecule has 108 valence electrons. The van der Waals surface area contributed by atoms with E-state index in [4.69, 9.17) is 10.5 Å². The van der Waals surface area contributed by atoms with E-state index in [2.05, 4.69) is 37.9 Å². The average molecular weight is 264 g/mol. The molecule has 0 saturated carbocycles. The summed E-state index contributed by atoms with van der Waals surface area (Å²) in [5.74, 6) is 0.887. The quantitative estimate of drug-likeness (QED) is 0.731. The molecule has 3 nitrogen and oxygen atoms in total. The predicted molar refractivity (Wildman–Crippen MR) is 83.0 cm³/mol. The zero-order valence-corrected chi connectivity index (χ0v) is 12.8. The zero-order chi connectivity index (χ0) is 14.3. The van der Waals surface area contributed by atoms with Crippen molar-refractivity contribution in [3.63, 3.8) is 0 Å². The van der Waals surface area contributed by atoms with E-state index in [0.717, 1.165) is 12.2 Å². The molecule has 0 aliphatic rings. The lowest BCUT2D eigenvalue weighted by Gasteiger charge is -2.40. The maximum absolute atomic E-state index is 6.02. The fourth-order valence-electron chi connectivity index (χ4n) is 2.28. The Labute approximate surface area is 117 Å². The SMILES string of the molecule is CCCCCC(C)(CN)N(C)c1ccc(OC)cc1. The number of nitrogens with two attached hydrogens (primary N) is 1. The Balaban J connectivity index is 2.77.